The van der Waals surface area contributed by atoms with Gasteiger partial charge in [-0.05, 0) is 12.5 Å². The van der Waals surface area contributed by atoms with Crippen molar-refractivity contribution in [1.29, 1.82) is 0 Å². The van der Waals surface area contributed by atoms with Gasteiger partial charge in [0.25, 0.3) is 0 Å². The Morgan fingerprint density at radius 2 is 2.29 bits per heavy atom. The molecule has 3 heteroatoms. The molecule has 3 nitrogen and oxygen atoms in total. The second-order valence-corrected chi connectivity index (χ2v) is 3.67. The van der Waals surface area contributed by atoms with E-state index in [-0.39, 0.29) is 0 Å². The molecule has 0 aromatic carbocycles. The minimum atomic E-state index is 0.500. The second-order valence-electron chi connectivity index (χ2n) is 3.67. The molecule has 0 aliphatic carbocycles. The first-order chi connectivity index (χ1) is 6.83. The summed E-state index contributed by atoms with van der Waals surface area (Å²) in [4.78, 5) is 8.76. The second kappa shape index (κ2) is 3.78. The molecule has 0 spiro atoms. The number of aromatic nitrogens is 3. The van der Waals surface area contributed by atoms with Crippen molar-refractivity contribution in [2.45, 2.75) is 32.6 Å². The molecule has 2 aromatic rings. The van der Waals surface area contributed by atoms with Crippen LogP contribution in [0.15, 0.2) is 24.8 Å². The highest BCUT2D eigenvalue weighted by Crippen LogP contribution is 2.21. The van der Waals surface area contributed by atoms with Crippen molar-refractivity contribution in [3.05, 3.63) is 30.5 Å². The van der Waals surface area contributed by atoms with Crippen molar-refractivity contribution in [3.8, 4) is 0 Å². The lowest BCUT2D eigenvalue weighted by atomic mass is 10.0. The lowest BCUT2D eigenvalue weighted by Crippen LogP contribution is -1.95. The molecule has 0 radical (unpaired) electrons. The van der Waals surface area contributed by atoms with Gasteiger partial charge >= 0.3 is 0 Å². The van der Waals surface area contributed by atoms with Gasteiger partial charge in [0, 0.05) is 18.3 Å². The molecule has 74 valence electrons. The monoisotopic (exact) mass is 189 g/mol. The van der Waals surface area contributed by atoms with Crippen LogP contribution in [0.3, 0.4) is 0 Å². The Morgan fingerprint density at radius 3 is 3.07 bits per heavy atom. The molecule has 0 saturated carbocycles. The molecule has 2 aromatic heterocycles. The molecule has 0 bridgehead atoms. The Hall–Kier alpha value is -1.38. The van der Waals surface area contributed by atoms with Crippen molar-refractivity contribution in [1.82, 2.24) is 14.4 Å². The van der Waals surface area contributed by atoms with Crippen LogP contribution in [-0.4, -0.2) is 14.4 Å². The molecule has 1 atom stereocenters. The van der Waals surface area contributed by atoms with Crippen molar-refractivity contribution in [3.63, 3.8) is 0 Å². The quantitative estimate of drug-likeness (QED) is 0.743. The van der Waals surface area contributed by atoms with Gasteiger partial charge in [-0.25, -0.2) is 9.97 Å². The van der Waals surface area contributed by atoms with E-state index in [0.29, 0.717) is 5.92 Å². The zero-order valence-electron chi connectivity index (χ0n) is 8.64. The number of fused-ring (bicyclic) bond motifs is 1. The summed E-state index contributed by atoms with van der Waals surface area (Å²) in [5.41, 5.74) is 2.11. The summed E-state index contributed by atoms with van der Waals surface area (Å²) in [6, 6.07) is 1.92. The minimum Gasteiger partial charge on any atom is -0.290 e. The molecule has 0 N–H and O–H groups in total. The Morgan fingerprint density at radius 1 is 1.43 bits per heavy atom. The molecule has 0 amide bonds. The first kappa shape index (κ1) is 9.19. The summed E-state index contributed by atoms with van der Waals surface area (Å²) >= 11 is 0. The molecule has 2 rings (SSSR count). The van der Waals surface area contributed by atoms with Crippen LogP contribution in [0.2, 0.25) is 0 Å². The van der Waals surface area contributed by atoms with Gasteiger partial charge in [-0.15, -0.1) is 0 Å². The first-order valence-corrected chi connectivity index (χ1v) is 5.10. The van der Waals surface area contributed by atoms with Crippen LogP contribution >= 0.6 is 0 Å². The van der Waals surface area contributed by atoms with E-state index in [0.717, 1.165) is 11.3 Å². The molecule has 0 aliphatic heterocycles. The van der Waals surface area contributed by atoms with E-state index in [1.807, 2.05) is 29.2 Å². The van der Waals surface area contributed by atoms with Gasteiger partial charge in [0.2, 0.25) is 0 Å². The standard InChI is InChI=1S/C11H15N3/c1-3-5-9(2)10-11-12-6-4-7-14(11)8-13-10/h4,6-9H,3,5H2,1-2H3. The summed E-state index contributed by atoms with van der Waals surface area (Å²) in [6.07, 6.45) is 8.00. The van der Waals surface area contributed by atoms with Gasteiger partial charge in [-0.3, -0.25) is 4.40 Å². The highest BCUT2D eigenvalue weighted by molar-refractivity contribution is 5.45. The van der Waals surface area contributed by atoms with Gasteiger partial charge in [-0.1, -0.05) is 20.3 Å². The van der Waals surface area contributed by atoms with Gasteiger partial charge < -0.3 is 0 Å². The van der Waals surface area contributed by atoms with Crippen molar-refractivity contribution in [2.24, 2.45) is 0 Å². The van der Waals surface area contributed by atoms with E-state index < -0.39 is 0 Å². The van der Waals surface area contributed by atoms with Crippen LogP contribution in [0.1, 0.15) is 38.3 Å². The van der Waals surface area contributed by atoms with Crippen LogP contribution in [0.5, 0.6) is 0 Å². The fourth-order valence-corrected chi connectivity index (χ4v) is 1.77. The number of nitrogens with zero attached hydrogens (tertiary/aromatic N) is 3. The normalized spacial score (nSPS) is 13.3. The topological polar surface area (TPSA) is 30.2 Å². The largest absolute Gasteiger partial charge is 0.290 e. The van der Waals surface area contributed by atoms with Crippen LogP contribution < -0.4 is 0 Å². The number of imidazole rings is 1. The lowest BCUT2D eigenvalue weighted by molar-refractivity contribution is 0.653. The number of hydrogen-bond donors (Lipinski definition) is 0. The Balaban J connectivity index is 2.42. The Labute approximate surface area is 83.8 Å². The van der Waals surface area contributed by atoms with Crippen molar-refractivity contribution >= 4 is 5.65 Å². The van der Waals surface area contributed by atoms with E-state index >= 15 is 0 Å². The fraction of sp³-hybridized carbons (Fsp3) is 0.455. The average molecular weight is 189 g/mol. The van der Waals surface area contributed by atoms with Crippen molar-refractivity contribution in [2.75, 3.05) is 0 Å². The third-order valence-electron chi connectivity index (χ3n) is 2.51. The van der Waals surface area contributed by atoms with E-state index in [1.165, 1.54) is 12.8 Å². The van der Waals surface area contributed by atoms with E-state index in [4.69, 9.17) is 0 Å². The zero-order valence-corrected chi connectivity index (χ0v) is 8.64. The SMILES string of the molecule is CCCC(C)c1ncn2cccnc12. The zero-order chi connectivity index (χ0) is 9.97. The summed E-state index contributed by atoms with van der Waals surface area (Å²) in [5, 5.41) is 0. The molecule has 0 aliphatic rings. The van der Waals surface area contributed by atoms with Gasteiger partial charge in [0.15, 0.2) is 5.65 Å². The smallest absolute Gasteiger partial charge is 0.159 e. The molecule has 0 fully saturated rings. The maximum Gasteiger partial charge on any atom is 0.159 e. The summed E-state index contributed by atoms with van der Waals surface area (Å²) in [6.45, 7) is 4.41. The summed E-state index contributed by atoms with van der Waals surface area (Å²) in [5.74, 6) is 0.500. The van der Waals surface area contributed by atoms with Crippen LogP contribution in [0, 0.1) is 0 Å². The number of hydrogen-bond acceptors (Lipinski definition) is 2. The van der Waals surface area contributed by atoms with Crippen LogP contribution in [0.4, 0.5) is 0 Å². The molecule has 14 heavy (non-hydrogen) atoms. The summed E-state index contributed by atoms with van der Waals surface area (Å²) < 4.78 is 1.97. The van der Waals surface area contributed by atoms with Crippen LogP contribution in [-0.2, 0) is 0 Å². The molecule has 0 saturated heterocycles. The van der Waals surface area contributed by atoms with Gasteiger partial charge in [0.1, 0.15) is 6.33 Å². The van der Waals surface area contributed by atoms with Crippen molar-refractivity contribution < 1.29 is 0 Å². The average Bonchev–Trinajstić information content (AvgIpc) is 2.61. The van der Waals surface area contributed by atoms with E-state index in [9.17, 15) is 0 Å². The highest BCUT2D eigenvalue weighted by atomic mass is 15.0. The Kier molecular flexibility index (Phi) is 2.48. The van der Waals surface area contributed by atoms with Gasteiger partial charge in [-0.2, -0.15) is 0 Å². The third-order valence-corrected chi connectivity index (χ3v) is 2.51. The minimum absolute atomic E-state index is 0.500. The predicted molar refractivity (Wildman–Crippen MR) is 56.3 cm³/mol. The van der Waals surface area contributed by atoms with Crippen LogP contribution in [0.25, 0.3) is 5.65 Å². The number of rotatable bonds is 3. The molecular formula is C11H15N3. The maximum absolute atomic E-state index is 4.41. The molecular weight excluding hydrogens is 174 g/mol. The first-order valence-electron chi connectivity index (χ1n) is 5.10. The maximum atomic E-state index is 4.41. The highest BCUT2D eigenvalue weighted by Gasteiger charge is 2.11. The lowest BCUT2D eigenvalue weighted by Gasteiger charge is -2.06. The molecule has 2 heterocycles. The predicted octanol–water partition coefficient (Wildman–Crippen LogP) is 2.63. The Bertz CT molecular complexity index is 419. The van der Waals surface area contributed by atoms with E-state index in [1.54, 1.807) is 0 Å². The van der Waals surface area contributed by atoms with Gasteiger partial charge in [0.05, 0.1) is 5.69 Å². The fourth-order valence-electron chi connectivity index (χ4n) is 1.77. The third kappa shape index (κ3) is 1.50. The summed E-state index contributed by atoms with van der Waals surface area (Å²) in [7, 11) is 0. The molecule has 1 unspecified atom stereocenters. The van der Waals surface area contributed by atoms with E-state index in [2.05, 4.69) is 23.8 Å².